The number of carbonyl (C=O) groups is 1. The summed E-state index contributed by atoms with van der Waals surface area (Å²) >= 11 is 0. The second kappa shape index (κ2) is 3.39. The van der Waals surface area contributed by atoms with Gasteiger partial charge in [0.25, 0.3) is 0 Å². The lowest BCUT2D eigenvalue weighted by Crippen LogP contribution is -1.98. The zero-order chi connectivity index (χ0) is 11.0. The van der Waals surface area contributed by atoms with Crippen molar-refractivity contribution in [2.24, 2.45) is 0 Å². The van der Waals surface area contributed by atoms with E-state index in [1.165, 1.54) is 0 Å². The summed E-state index contributed by atoms with van der Waals surface area (Å²) in [7, 11) is 0. The number of fused-ring (bicyclic) bond motifs is 1. The van der Waals surface area contributed by atoms with E-state index in [1.807, 2.05) is 38.1 Å². The zero-order valence-electron chi connectivity index (χ0n) is 8.74. The van der Waals surface area contributed by atoms with Crippen molar-refractivity contribution in [1.29, 1.82) is 0 Å². The number of carboxylic acid groups (broad SMARTS) is 1. The van der Waals surface area contributed by atoms with E-state index >= 15 is 0 Å². The molecule has 0 spiro atoms. The summed E-state index contributed by atoms with van der Waals surface area (Å²) in [4.78, 5) is 11.0. The van der Waals surface area contributed by atoms with Gasteiger partial charge in [-0.05, 0) is 36.2 Å². The maximum Gasteiger partial charge on any atom is 0.336 e. The lowest BCUT2D eigenvalue weighted by atomic mass is 9.99. The van der Waals surface area contributed by atoms with Crippen molar-refractivity contribution in [2.75, 3.05) is 0 Å². The normalized spacial score (nSPS) is 10.5. The van der Waals surface area contributed by atoms with Gasteiger partial charge in [0, 0.05) is 0 Å². The highest BCUT2D eigenvalue weighted by Crippen LogP contribution is 2.23. The third-order valence-electron chi connectivity index (χ3n) is 2.62. The van der Waals surface area contributed by atoms with Crippen molar-refractivity contribution in [3.05, 3.63) is 47.0 Å². The maximum atomic E-state index is 11.0. The summed E-state index contributed by atoms with van der Waals surface area (Å²) in [6, 6.07) is 9.42. The molecule has 0 aliphatic heterocycles. The summed E-state index contributed by atoms with van der Waals surface area (Å²) in [5.41, 5.74) is 2.56. The van der Waals surface area contributed by atoms with E-state index < -0.39 is 5.97 Å². The molecule has 0 bridgehead atoms. The van der Waals surface area contributed by atoms with E-state index in [0.717, 1.165) is 21.9 Å². The topological polar surface area (TPSA) is 37.3 Å². The van der Waals surface area contributed by atoms with Gasteiger partial charge in [-0.25, -0.2) is 4.79 Å². The monoisotopic (exact) mass is 200 g/mol. The van der Waals surface area contributed by atoms with Gasteiger partial charge in [0.2, 0.25) is 0 Å². The van der Waals surface area contributed by atoms with Crippen molar-refractivity contribution in [3.63, 3.8) is 0 Å². The van der Waals surface area contributed by atoms with Crippen LogP contribution < -0.4 is 0 Å². The van der Waals surface area contributed by atoms with Crippen LogP contribution in [-0.2, 0) is 0 Å². The molecule has 0 unspecified atom stereocenters. The van der Waals surface area contributed by atoms with E-state index in [-0.39, 0.29) is 0 Å². The summed E-state index contributed by atoms with van der Waals surface area (Å²) in [5, 5.41) is 10.9. The van der Waals surface area contributed by atoms with Crippen LogP contribution in [0.4, 0.5) is 0 Å². The number of hydrogen-bond acceptors (Lipinski definition) is 1. The van der Waals surface area contributed by atoms with Crippen LogP contribution in [0, 0.1) is 13.8 Å². The lowest BCUT2D eigenvalue weighted by molar-refractivity contribution is 0.0699. The van der Waals surface area contributed by atoms with Gasteiger partial charge in [0.05, 0.1) is 5.56 Å². The average Bonchev–Trinajstić information content (AvgIpc) is 2.17. The van der Waals surface area contributed by atoms with Crippen LogP contribution in [0.25, 0.3) is 10.8 Å². The molecule has 0 aliphatic carbocycles. The SMILES string of the molecule is Cc1ccc2c(C)ccc(C(=O)O)c2c1. The van der Waals surface area contributed by atoms with Gasteiger partial charge in [-0.1, -0.05) is 29.8 Å². The first-order valence-corrected chi connectivity index (χ1v) is 4.83. The van der Waals surface area contributed by atoms with Crippen molar-refractivity contribution in [1.82, 2.24) is 0 Å². The predicted octanol–water partition coefficient (Wildman–Crippen LogP) is 3.15. The quantitative estimate of drug-likeness (QED) is 0.767. The van der Waals surface area contributed by atoms with Crippen LogP contribution in [0.2, 0.25) is 0 Å². The summed E-state index contributed by atoms with van der Waals surface area (Å²) < 4.78 is 0. The molecular formula is C13H12O2. The minimum absolute atomic E-state index is 0.374. The highest BCUT2D eigenvalue weighted by Gasteiger charge is 2.09. The molecule has 0 amide bonds. The Kier molecular flexibility index (Phi) is 2.19. The molecule has 2 aromatic carbocycles. The van der Waals surface area contributed by atoms with E-state index in [1.54, 1.807) is 6.07 Å². The van der Waals surface area contributed by atoms with Gasteiger partial charge in [-0.15, -0.1) is 0 Å². The molecule has 0 aromatic heterocycles. The minimum atomic E-state index is -0.870. The maximum absolute atomic E-state index is 11.0. The Hall–Kier alpha value is -1.83. The summed E-state index contributed by atoms with van der Waals surface area (Å²) in [5.74, 6) is -0.870. The van der Waals surface area contributed by atoms with Crippen LogP contribution in [0.1, 0.15) is 21.5 Å². The molecule has 0 atom stereocenters. The Bertz CT molecular complexity index is 541. The van der Waals surface area contributed by atoms with Crippen LogP contribution in [0.3, 0.4) is 0 Å². The fourth-order valence-corrected chi connectivity index (χ4v) is 1.80. The second-order valence-corrected chi connectivity index (χ2v) is 3.78. The fraction of sp³-hybridized carbons (Fsp3) is 0.154. The van der Waals surface area contributed by atoms with Gasteiger partial charge < -0.3 is 5.11 Å². The second-order valence-electron chi connectivity index (χ2n) is 3.78. The molecule has 2 heteroatoms. The Labute approximate surface area is 88.2 Å². The lowest BCUT2D eigenvalue weighted by Gasteiger charge is -2.06. The Morgan fingerprint density at radius 3 is 2.47 bits per heavy atom. The molecule has 0 saturated carbocycles. The number of aromatic carboxylic acids is 1. The van der Waals surface area contributed by atoms with Gasteiger partial charge in [-0.2, -0.15) is 0 Å². The first-order chi connectivity index (χ1) is 7.09. The van der Waals surface area contributed by atoms with E-state index in [4.69, 9.17) is 5.11 Å². The molecule has 2 aromatic rings. The summed E-state index contributed by atoms with van der Waals surface area (Å²) in [6.45, 7) is 3.96. The standard InChI is InChI=1S/C13H12O2/c1-8-3-5-10-9(2)4-6-11(13(14)15)12(10)7-8/h3-7H,1-2H3,(H,14,15). The molecule has 1 N–H and O–H groups in total. The van der Waals surface area contributed by atoms with Crippen LogP contribution in [0.5, 0.6) is 0 Å². The van der Waals surface area contributed by atoms with Gasteiger partial charge >= 0.3 is 5.97 Å². The number of benzene rings is 2. The Morgan fingerprint density at radius 1 is 1.07 bits per heavy atom. The van der Waals surface area contributed by atoms with Crippen molar-refractivity contribution < 1.29 is 9.90 Å². The van der Waals surface area contributed by atoms with Crippen molar-refractivity contribution in [3.8, 4) is 0 Å². The number of aryl methyl sites for hydroxylation is 2. The molecule has 0 heterocycles. The number of carboxylic acids is 1. The van der Waals surface area contributed by atoms with Crippen molar-refractivity contribution in [2.45, 2.75) is 13.8 Å². The van der Waals surface area contributed by atoms with Crippen LogP contribution in [-0.4, -0.2) is 11.1 Å². The Morgan fingerprint density at radius 2 is 1.80 bits per heavy atom. The van der Waals surface area contributed by atoms with Crippen LogP contribution >= 0.6 is 0 Å². The molecule has 0 fully saturated rings. The average molecular weight is 200 g/mol. The molecule has 76 valence electrons. The molecule has 15 heavy (non-hydrogen) atoms. The minimum Gasteiger partial charge on any atom is -0.478 e. The highest BCUT2D eigenvalue weighted by molar-refractivity contribution is 6.04. The molecule has 2 nitrogen and oxygen atoms in total. The smallest absolute Gasteiger partial charge is 0.336 e. The largest absolute Gasteiger partial charge is 0.478 e. The molecule has 0 aliphatic rings. The van der Waals surface area contributed by atoms with Gasteiger partial charge in [-0.3, -0.25) is 0 Å². The van der Waals surface area contributed by atoms with E-state index in [2.05, 4.69) is 0 Å². The number of hydrogen-bond donors (Lipinski definition) is 1. The molecule has 0 saturated heterocycles. The number of rotatable bonds is 1. The first-order valence-electron chi connectivity index (χ1n) is 4.83. The molecule has 0 radical (unpaired) electrons. The van der Waals surface area contributed by atoms with E-state index in [9.17, 15) is 4.79 Å². The fourth-order valence-electron chi connectivity index (χ4n) is 1.80. The van der Waals surface area contributed by atoms with E-state index in [0.29, 0.717) is 5.56 Å². The van der Waals surface area contributed by atoms with Gasteiger partial charge in [0.15, 0.2) is 0 Å². The van der Waals surface area contributed by atoms with Crippen molar-refractivity contribution >= 4 is 16.7 Å². The third-order valence-corrected chi connectivity index (χ3v) is 2.62. The van der Waals surface area contributed by atoms with Crippen LogP contribution in [0.15, 0.2) is 30.3 Å². The molecule has 2 rings (SSSR count). The third kappa shape index (κ3) is 1.59. The molecular weight excluding hydrogens is 188 g/mol. The Balaban J connectivity index is 2.90. The zero-order valence-corrected chi connectivity index (χ0v) is 8.74. The summed E-state index contributed by atoms with van der Waals surface area (Å²) in [6.07, 6.45) is 0. The highest BCUT2D eigenvalue weighted by atomic mass is 16.4. The van der Waals surface area contributed by atoms with Gasteiger partial charge in [0.1, 0.15) is 0 Å². The first kappa shape index (κ1) is 9.71. The predicted molar refractivity (Wildman–Crippen MR) is 60.4 cm³/mol.